The molecule has 1 aliphatic heterocycles. The number of carbonyl (C=O) groups excluding carboxylic acids is 2. The zero-order valence-corrected chi connectivity index (χ0v) is 11.9. The lowest BCUT2D eigenvalue weighted by Gasteiger charge is -2.29. The molecule has 1 aromatic rings. The normalized spacial score (nSPS) is 22.8. The van der Waals surface area contributed by atoms with Gasteiger partial charge >= 0.3 is 0 Å². The summed E-state index contributed by atoms with van der Waals surface area (Å²) in [5, 5.41) is 10.6. The third kappa shape index (κ3) is 2.28. The standard InChI is InChI=1S/C11H13N3O2S2/c1-7(15)12-10-13-14(8(2)16)11(3,18-10)9-5-4-6-17-9/h4-6H,1-3H3,(H,12,13,15)/t11-/m1/s1. The van der Waals surface area contributed by atoms with E-state index in [1.165, 1.54) is 30.6 Å². The molecule has 1 aromatic heterocycles. The van der Waals surface area contributed by atoms with Crippen molar-refractivity contribution >= 4 is 40.1 Å². The third-order valence-corrected chi connectivity index (χ3v) is 4.83. The maximum atomic E-state index is 11.7. The van der Waals surface area contributed by atoms with Gasteiger partial charge in [0.05, 0.1) is 0 Å². The fraction of sp³-hybridized carbons (Fsp3) is 0.364. The lowest BCUT2D eigenvalue weighted by atomic mass is 10.2. The second kappa shape index (κ2) is 4.74. The van der Waals surface area contributed by atoms with E-state index in [4.69, 9.17) is 0 Å². The van der Waals surface area contributed by atoms with Gasteiger partial charge in [-0.1, -0.05) is 17.8 Å². The van der Waals surface area contributed by atoms with Gasteiger partial charge in [0.15, 0.2) is 10.0 Å². The zero-order chi connectivity index (χ0) is 13.3. The van der Waals surface area contributed by atoms with Gasteiger partial charge in [-0.3, -0.25) is 9.59 Å². The van der Waals surface area contributed by atoms with E-state index in [1.807, 2.05) is 24.4 Å². The van der Waals surface area contributed by atoms with E-state index in [9.17, 15) is 9.59 Å². The second-order valence-electron chi connectivity index (χ2n) is 3.98. The molecule has 1 aliphatic rings. The van der Waals surface area contributed by atoms with Crippen LogP contribution in [0.25, 0.3) is 0 Å². The molecule has 1 N–H and O–H groups in total. The molecule has 0 saturated heterocycles. The van der Waals surface area contributed by atoms with Gasteiger partial charge in [0.25, 0.3) is 0 Å². The van der Waals surface area contributed by atoms with Gasteiger partial charge in [0.1, 0.15) is 0 Å². The summed E-state index contributed by atoms with van der Waals surface area (Å²) in [5.74, 6) is -0.348. The van der Waals surface area contributed by atoms with Crippen molar-refractivity contribution in [3.63, 3.8) is 0 Å². The molecule has 96 valence electrons. The summed E-state index contributed by atoms with van der Waals surface area (Å²) in [6.45, 7) is 4.80. The minimum Gasteiger partial charge on any atom is -0.304 e. The molecular weight excluding hydrogens is 270 g/mol. The number of hydrogen-bond donors (Lipinski definition) is 1. The van der Waals surface area contributed by atoms with Crippen molar-refractivity contribution < 1.29 is 9.59 Å². The minimum atomic E-state index is -0.586. The van der Waals surface area contributed by atoms with E-state index in [0.29, 0.717) is 5.17 Å². The van der Waals surface area contributed by atoms with E-state index in [0.717, 1.165) is 4.88 Å². The van der Waals surface area contributed by atoms with E-state index < -0.39 is 4.87 Å². The monoisotopic (exact) mass is 283 g/mol. The maximum Gasteiger partial charge on any atom is 0.241 e. The fourth-order valence-corrected chi connectivity index (χ4v) is 3.86. The van der Waals surface area contributed by atoms with E-state index in [1.54, 1.807) is 11.3 Å². The van der Waals surface area contributed by atoms with Crippen LogP contribution >= 0.6 is 23.1 Å². The third-order valence-electron chi connectivity index (χ3n) is 2.45. The summed E-state index contributed by atoms with van der Waals surface area (Å²) in [6, 6.07) is 3.89. The molecule has 1 atom stereocenters. The van der Waals surface area contributed by atoms with E-state index in [-0.39, 0.29) is 11.8 Å². The van der Waals surface area contributed by atoms with Crippen molar-refractivity contribution in [3.05, 3.63) is 22.4 Å². The van der Waals surface area contributed by atoms with Crippen molar-refractivity contribution in [1.29, 1.82) is 0 Å². The van der Waals surface area contributed by atoms with Crippen molar-refractivity contribution in [2.75, 3.05) is 0 Å². The van der Waals surface area contributed by atoms with Gasteiger partial charge in [-0.2, -0.15) is 0 Å². The van der Waals surface area contributed by atoms with Crippen LogP contribution in [0.4, 0.5) is 0 Å². The Morgan fingerprint density at radius 2 is 2.17 bits per heavy atom. The lowest BCUT2D eigenvalue weighted by molar-refractivity contribution is -0.131. The molecule has 5 nitrogen and oxygen atoms in total. The predicted octanol–water partition coefficient (Wildman–Crippen LogP) is 1.92. The molecule has 18 heavy (non-hydrogen) atoms. The minimum absolute atomic E-state index is 0.154. The van der Waals surface area contributed by atoms with Gasteiger partial charge in [0.2, 0.25) is 11.8 Å². The number of rotatable bonds is 1. The van der Waals surface area contributed by atoms with Crippen LogP contribution in [0, 0.1) is 0 Å². The average molecular weight is 283 g/mol. The number of carbonyl (C=O) groups is 2. The van der Waals surface area contributed by atoms with Gasteiger partial charge in [0, 0.05) is 18.7 Å². The molecule has 0 radical (unpaired) electrons. The molecule has 0 saturated carbocycles. The SMILES string of the molecule is CC(=O)NC1=NN(C(C)=O)[C@@](C)(c2cccs2)S1. The summed E-state index contributed by atoms with van der Waals surface area (Å²) in [6.07, 6.45) is 0. The van der Waals surface area contributed by atoms with Crippen LogP contribution in [-0.4, -0.2) is 22.0 Å². The number of thiophene rings is 1. The maximum absolute atomic E-state index is 11.7. The molecule has 0 aromatic carbocycles. The number of amidine groups is 1. The lowest BCUT2D eigenvalue weighted by Crippen LogP contribution is -2.36. The average Bonchev–Trinajstić information content (AvgIpc) is 2.85. The van der Waals surface area contributed by atoms with E-state index >= 15 is 0 Å². The first-order valence-electron chi connectivity index (χ1n) is 5.33. The largest absolute Gasteiger partial charge is 0.304 e. The Labute approximate surface area is 113 Å². The summed E-state index contributed by atoms with van der Waals surface area (Å²) < 4.78 is 0. The highest BCUT2D eigenvalue weighted by Gasteiger charge is 2.44. The van der Waals surface area contributed by atoms with Crippen LogP contribution in [0.2, 0.25) is 0 Å². The number of amides is 2. The van der Waals surface area contributed by atoms with Gasteiger partial charge in [-0.05, 0) is 18.4 Å². The summed E-state index contributed by atoms with van der Waals surface area (Å²) in [5.41, 5.74) is 0. The van der Waals surface area contributed by atoms with Crippen molar-refractivity contribution in [1.82, 2.24) is 10.3 Å². The Morgan fingerprint density at radius 1 is 1.44 bits per heavy atom. The van der Waals surface area contributed by atoms with Gasteiger partial charge in [-0.15, -0.1) is 16.4 Å². The molecule has 0 fully saturated rings. The van der Waals surface area contributed by atoms with Crippen molar-refractivity contribution in [2.24, 2.45) is 5.10 Å². The second-order valence-corrected chi connectivity index (χ2v) is 6.31. The zero-order valence-electron chi connectivity index (χ0n) is 10.3. The number of hydrogen-bond acceptors (Lipinski definition) is 5. The Balaban J connectivity index is 2.33. The van der Waals surface area contributed by atoms with Crippen molar-refractivity contribution in [2.45, 2.75) is 25.6 Å². The Kier molecular flexibility index (Phi) is 3.45. The first kappa shape index (κ1) is 13.1. The number of hydrazone groups is 1. The quantitative estimate of drug-likeness (QED) is 0.856. The summed E-state index contributed by atoms with van der Waals surface area (Å²) in [7, 11) is 0. The molecule has 0 aliphatic carbocycles. The highest BCUT2D eigenvalue weighted by Crippen LogP contribution is 2.46. The number of nitrogens with zero attached hydrogens (tertiary/aromatic N) is 2. The molecular formula is C11H13N3O2S2. The topological polar surface area (TPSA) is 61.8 Å². The number of nitrogens with one attached hydrogen (secondary N) is 1. The summed E-state index contributed by atoms with van der Waals surface area (Å²) >= 11 is 2.93. The molecule has 2 heterocycles. The fourth-order valence-electron chi connectivity index (χ4n) is 1.71. The smallest absolute Gasteiger partial charge is 0.241 e. The van der Waals surface area contributed by atoms with Crippen LogP contribution in [0.1, 0.15) is 25.6 Å². The van der Waals surface area contributed by atoms with Crippen LogP contribution in [0.5, 0.6) is 0 Å². The van der Waals surface area contributed by atoms with Crippen molar-refractivity contribution in [3.8, 4) is 0 Å². The van der Waals surface area contributed by atoms with Crippen LogP contribution in [0.15, 0.2) is 22.6 Å². The summed E-state index contributed by atoms with van der Waals surface area (Å²) in [4.78, 5) is 23.2. The predicted molar refractivity (Wildman–Crippen MR) is 73.0 cm³/mol. The Bertz CT molecular complexity index is 512. The van der Waals surface area contributed by atoms with Crippen LogP contribution < -0.4 is 5.32 Å². The van der Waals surface area contributed by atoms with Crippen LogP contribution in [-0.2, 0) is 14.5 Å². The van der Waals surface area contributed by atoms with Gasteiger partial charge < -0.3 is 5.32 Å². The van der Waals surface area contributed by atoms with Gasteiger partial charge in [-0.25, -0.2) is 5.01 Å². The first-order chi connectivity index (χ1) is 8.43. The van der Waals surface area contributed by atoms with E-state index in [2.05, 4.69) is 10.4 Å². The highest BCUT2D eigenvalue weighted by atomic mass is 32.2. The first-order valence-corrected chi connectivity index (χ1v) is 7.03. The van der Waals surface area contributed by atoms with Crippen LogP contribution in [0.3, 0.4) is 0 Å². The molecule has 7 heteroatoms. The Hall–Kier alpha value is -1.34. The molecule has 0 bridgehead atoms. The highest BCUT2D eigenvalue weighted by molar-refractivity contribution is 8.14. The Morgan fingerprint density at radius 3 is 2.67 bits per heavy atom. The number of thioether (sulfide) groups is 1. The molecule has 2 rings (SSSR count). The molecule has 2 amide bonds. The molecule has 0 spiro atoms. The molecule has 0 unspecified atom stereocenters.